The van der Waals surface area contributed by atoms with Crippen LogP contribution in [0.1, 0.15) is 22.0 Å². The standard InChI is InChI=1S/C9H8F3NO2/c10-9(11,12)7(13)5-3-1-2-4-6(5)8(14)15/h1-4,7H,13H2,(H,14,15)/t7-/m1/s1. The van der Waals surface area contributed by atoms with E-state index in [1.807, 2.05) is 0 Å². The molecule has 0 aliphatic carbocycles. The minimum atomic E-state index is -4.65. The van der Waals surface area contributed by atoms with E-state index in [1.165, 1.54) is 12.1 Å². The van der Waals surface area contributed by atoms with Crippen LogP contribution >= 0.6 is 0 Å². The molecule has 1 aromatic carbocycles. The van der Waals surface area contributed by atoms with Crippen LogP contribution in [-0.4, -0.2) is 17.3 Å². The molecule has 1 rings (SSSR count). The second-order valence-electron chi connectivity index (χ2n) is 2.91. The minimum Gasteiger partial charge on any atom is -0.478 e. The predicted octanol–water partition coefficient (Wildman–Crippen LogP) is 1.95. The van der Waals surface area contributed by atoms with Crippen molar-refractivity contribution in [2.75, 3.05) is 0 Å². The normalized spacial score (nSPS) is 13.6. The number of alkyl halides is 3. The van der Waals surface area contributed by atoms with Crippen molar-refractivity contribution in [3.05, 3.63) is 35.4 Å². The molecule has 0 aliphatic rings. The Labute approximate surface area is 83.3 Å². The Morgan fingerprint density at radius 1 is 1.33 bits per heavy atom. The molecule has 0 radical (unpaired) electrons. The van der Waals surface area contributed by atoms with Gasteiger partial charge in [-0.1, -0.05) is 18.2 Å². The van der Waals surface area contributed by atoms with Crippen LogP contribution in [0.15, 0.2) is 24.3 Å². The lowest BCUT2D eigenvalue weighted by atomic mass is 10.0. The summed E-state index contributed by atoms with van der Waals surface area (Å²) in [4.78, 5) is 10.6. The molecule has 1 atom stereocenters. The molecule has 0 saturated heterocycles. The van der Waals surface area contributed by atoms with E-state index in [9.17, 15) is 18.0 Å². The van der Waals surface area contributed by atoms with Gasteiger partial charge in [-0.3, -0.25) is 0 Å². The summed E-state index contributed by atoms with van der Waals surface area (Å²) in [5.41, 5.74) is 4.06. The van der Waals surface area contributed by atoms with Gasteiger partial charge < -0.3 is 10.8 Å². The van der Waals surface area contributed by atoms with Crippen molar-refractivity contribution in [2.45, 2.75) is 12.2 Å². The quantitative estimate of drug-likeness (QED) is 0.798. The summed E-state index contributed by atoms with van der Waals surface area (Å²) in [5.74, 6) is -1.43. The molecular formula is C9H8F3NO2. The molecule has 0 amide bonds. The molecular weight excluding hydrogens is 211 g/mol. The molecule has 0 spiro atoms. The highest BCUT2D eigenvalue weighted by atomic mass is 19.4. The molecule has 3 N–H and O–H groups in total. The van der Waals surface area contributed by atoms with Gasteiger partial charge in [-0.25, -0.2) is 4.79 Å². The van der Waals surface area contributed by atoms with Gasteiger partial charge >= 0.3 is 12.1 Å². The van der Waals surface area contributed by atoms with Crippen LogP contribution in [-0.2, 0) is 0 Å². The SMILES string of the molecule is N[C@H](c1ccccc1C(=O)O)C(F)(F)F. The Morgan fingerprint density at radius 2 is 1.87 bits per heavy atom. The van der Waals surface area contributed by atoms with Gasteiger partial charge in [0.2, 0.25) is 0 Å². The minimum absolute atomic E-state index is 0.428. The van der Waals surface area contributed by atoms with E-state index >= 15 is 0 Å². The molecule has 15 heavy (non-hydrogen) atoms. The largest absolute Gasteiger partial charge is 0.478 e. The van der Waals surface area contributed by atoms with Crippen LogP contribution in [0.4, 0.5) is 13.2 Å². The summed E-state index contributed by atoms with van der Waals surface area (Å²) in [6, 6.07) is 2.53. The number of hydrogen-bond donors (Lipinski definition) is 2. The fourth-order valence-electron chi connectivity index (χ4n) is 1.14. The Morgan fingerprint density at radius 3 is 2.33 bits per heavy atom. The van der Waals surface area contributed by atoms with Crippen molar-refractivity contribution >= 4 is 5.97 Å². The van der Waals surface area contributed by atoms with Gasteiger partial charge in [0.15, 0.2) is 0 Å². The lowest BCUT2D eigenvalue weighted by Crippen LogP contribution is -2.30. The Bertz CT molecular complexity index is 376. The van der Waals surface area contributed by atoms with Gasteiger partial charge in [0, 0.05) is 0 Å². The van der Waals surface area contributed by atoms with Crippen molar-refractivity contribution in [1.82, 2.24) is 0 Å². The highest BCUT2D eigenvalue weighted by Crippen LogP contribution is 2.32. The maximum atomic E-state index is 12.3. The lowest BCUT2D eigenvalue weighted by molar-refractivity contribution is -0.149. The van der Waals surface area contributed by atoms with E-state index in [4.69, 9.17) is 10.8 Å². The molecule has 6 heteroatoms. The number of aromatic carboxylic acids is 1. The first-order valence-electron chi connectivity index (χ1n) is 3.98. The topological polar surface area (TPSA) is 63.3 Å². The number of halogens is 3. The molecule has 1 aromatic rings. The van der Waals surface area contributed by atoms with Crippen LogP contribution < -0.4 is 5.73 Å². The van der Waals surface area contributed by atoms with Gasteiger partial charge in [-0.2, -0.15) is 13.2 Å². The Balaban J connectivity index is 3.19. The van der Waals surface area contributed by atoms with Crippen molar-refractivity contribution in [3.63, 3.8) is 0 Å². The first-order chi connectivity index (χ1) is 6.84. The first kappa shape index (κ1) is 11.5. The number of rotatable bonds is 2. The number of carboxylic acid groups (broad SMARTS) is 1. The van der Waals surface area contributed by atoms with Gasteiger partial charge in [-0.05, 0) is 11.6 Å². The summed E-state index contributed by atoms with van der Waals surface area (Å²) in [7, 11) is 0. The van der Waals surface area contributed by atoms with E-state index in [1.54, 1.807) is 0 Å². The number of nitrogens with two attached hydrogens (primary N) is 1. The highest BCUT2D eigenvalue weighted by Gasteiger charge is 2.39. The van der Waals surface area contributed by atoms with Crippen LogP contribution in [0.3, 0.4) is 0 Å². The number of benzene rings is 1. The van der Waals surface area contributed by atoms with Gasteiger partial charge in [-0.15, -0.1) is 0 Å². The van der Waals surface area contributed by atoms with Crippen LogP contribution in [0.25, 0.3) is 0 Å². The van der Waals surface area contributed by atoms with Crippen LogP contribution in [0, 0.1) is 0 Å². The molecule has 0 bridgehead atoms. The first-order valence-corrected chi connectivity index (χ1v) is 3.98. The fraction of sp³-hybridized carbons (Fsp3) is 0.222. The average Bonchev–Trinajstić information content (AvgIpc) is 2.15. The summed E-state index contributed by atoms with van der Waals surface area (Å²) >= 11 is 0. The molecule has 0 aromatic heterocycles. The molecule has 82 valence electrons. The molecule has 0 unspecified atom stereocenters. The zero-order valence-corrected chi connectivity index (χ0v) is 7.45. The maximum absolute atomic E-state index is 12.3. The van der Waals surface area contributed by atoms with Crippen molar-refractivity contribution < 1.29 is 23.1 Å². The number of hydrogen-bond acceptors (Lipinski definition) is 2. The Hall–Kier alpha value is -1.56. The van der Waals surface area contributed by atoms with E-state index in [0.717, 1.165) is 12.1 Å². The van der Waals surface area contributed by atoms with Gasteiger partial charge in [0.1, 0.15) is 6.04 Å². The molecule has 3 nitrogen and oxygen atoms in total. The van der Waals surface area contributed by atoms with E-state index in [2.05, 4.69) is 0 Å². The lowest BCUT2D eigenvalue weighted by Gasteiger charge is -2.17. The maximum Gasteiger partial charge on any atom is 0.407 e. The Kier molecular flexibility index (Phi) is 2.99. The van der Waals surface area contributed by atoms with E-state index < -0.39 is 29.3 Å². The number of carbonyl (C=O) groups is 1. The summed E-state index contributed by atoms with van der Waals surface area (Å²) in [6.07, 6.45) is -4.65. The van der Waals surface area contributed by atoms with Crippen molar-refractivity contribution in [1.29, 1.82) is 0 Å². The smallest absolute Gasteiger partial charge is 0.407 e. The average molecular weight is 219 g/mol. The summed E-state index contributed by atoms with van der Waals surface area (Å²) in [5, 5.41) is 8.66. The van der Waals surface area contributed by atoms with E-state index in [0.29, 0.717) is 0 Å². The molecule has 0 aliphatic heterocycles. The summed E-state index contributed by atoms with van der Waals surface area (Å²) < 4.78 is 36.8. The second-order valence-corrected chi connectivity index (χ2v) is 2.91. The predicted molar refractivity (Wildman–Crippen MR) is 46.4 cm³/mol. The van der Waals surface area contributed by atoms with Gasteiger partial charge in [0.25, 0.3) is 0 Å². The monoisotopic (exact) mass is 219 g/mol. The van der Waals surface area contributed by atoms with Crippen molar-refractivity contribution in [2.24, 2.45) is 5.73 Å². The van der Waals surface area contributed by atoms with Gasteiger partial charge in [0.05, 0.1) is 5.56 Å². The third-order valence-corrected chi connectivity index (χ3v) is 1.88. The summed E-state index contributed by atoms with van der Waals surface area (Å²) in [6.45, 7) is 0. The van der Waals surface area contributed by atoms with Crippen LogP contribution in [0.2, 0.25) is 0 Å². The highest BCUT2D eigenvalue weighted by molar-refractivity contribution is 5.89. The van der Waals surface area contributed by atoms with E-state index in [-0.39, 0.29) is 0 Å². The zero-order chi connectivity index (χ0) is 11.6. The molecule has 0 saturated carbocycles. The van der Waals surface area contributed by atoms with Crippen molar-refractivity contribution in [3.8, 4) is 0 Å². The molecule has 0 heterocycles. The second kappa shape index (κ2) is 3.90. The van der Waals surface area contributed by atoms with Crippen LogP contribution in [0.5, 0.6) is 0 Å². The third kappa shape index (κ3) is 2.47. The number of carboxylic acids is 1. The third-order valence-electron chi connectivity index (χ3n) is 1.88. The molecule has 0 fully saturated rings. The fourth-order valence-corrected chi connectivity index (χ4v) is 1.14. The zero-order valence-electron chi connectivity index (χ0n) is 7.45.